The van der Waals surface area contributed by atoms with E-state index in [9.17, 15) is 13.2 Å². The molecule has 3 heterocycles. The van der Waals surface area contributed by atoms with E-state index in [0.29, 0.717) is 16.7 Å². The average molecular weight is 474 g/mol. The minimum atomic E-state index is -4.42. The number of ether oxygens (including phenoxy) is 1. The van der Waals surface area contributed by atoms with Crippen LogP contribution in [0.2, 0.25) is 0 Å². The van der Waals surface area contributed by atoms with Gasteiger partial charge in [0.2, 0.25) is 0 Å². The summed E-state index contributed by atoms with van der Waals surface area (Å²) in [6.07, 6.45) is 2.29. The van der Waals surface area contributed by atoms with Crippen molar-refractivity contribution in [1.29, 1.82) is 0 Å². The van der Waals surface area contributed by atoms with E-state index in [-0.39, 0.29) is 11.8 Å². The highest BCUT2D eigenvalue weighted by Crippen LogP contribution is 2.33. The van der Waals surface area contributed by atoms with E-state index < -0.39 is 11.7 Å². The lowest BCUT2D eigenvalue weighted by Crippen LogP contribution is -2.46. The first-order valence-corrected chi connectivity index (χ1v) is 10.8. The molecule has 172 valence electrons. The van der Waals surface area contributed by atoms with E-state index in [4.69, 9.17) is 17.0 Å². The number of nitrogens with one attached hydrogen (secondary N) is 2. The van der Waals surface area contributed by atoms with Gasteiger partial charge in [-0.05, 0) is 61.5 Å². The zero-order valence-corrected chi connectivity index (χ0v) is 18.4. The fourth-order valence-electron chi connectivity index (χ4n) is 3.55. The van der Waals surface area contributed by atoms with Crippen molar-refractivity contribution in [3.8, 4) is 11.5 Å². The number of aromatic nitrogens is 2. The number of piperidine rings is 1. The molecule has 0 bridgehead atoms. The first kappa shape index (κ1) is 22.8. The Hall–Kier alpha value is -3.40. The Labute approximate surface area is 194 Å². The Balaban J connectivity index is 1.32. The molecule has 4 rings (SSSR count). The number of thiocarbonyl (C=S) groups is 1. The lowest BCUT2D eigenvalue weighted by molar-refractivity contribution is -0.137. The van der Waals surface area contributed by atoms with Gasteiger partial charge in [0.1, 0.15) is 17.3 Å². The van der Waals surface area contributed by atoms with Crippen molar-refractivity contribution >= 4 is 28.8 Å². The van der Waals surface area contributed by atoms with Crippen LogP contribution in [-0.4, -0.2) is 34.2 Å². The molecule has 0 unspecified atom stereocenters. The van der Waals surface area contributed by atoms with Gasteiger partial charge in [0.15, 0.2) is 5.11 Å². The van der Waals surface area contributed by atoms with Crippen LogP contribution in [0.1, 0.15) is 18.4 Å². The van der Waals surface area contributed by atoms with E-state index in [1.807, 2.05) is 12.1 Å². The Morgan fingerprint density at radius 2 is 1.82 bits per heavy atom. The molecule has 0 aliphatic carbocycles. The van der Waals surface area contributed by atoms with Gasteiger partial charge in [-0.15, -0.1) is 0 Å². The highest BCUT2D eigenvalue weighted by atomic mass is 32.1. The van der Waals surface area contributed by atoms with Crippen molar-refractivity contribution in [2.75, 3.05) is 23.3 Å². The average Bonchev–Trinajstić information content (AvgIpc) is 2.80. The molecule has 2 N–H and O–H groups in total. The molecule has 0 spiro atoms. The highest BCUT2D eigenvalue weighted by Gasteiger charge is 2.30. The Bertz CT molecular complexity index is 1090. The third-order valence-electron chi connectivity index (χ3n) is 5.19. The van der Waals surface area contributed by atoms with Gasteiger partial charge in [-0.3, -0.25) is 4.98 Å². The van der Waals surface area contributed by atoms with Gasteiger partial charge < -0.3 is 20.3 Å². The Morgan fingerprint density at radius 3 is 2.55 bits per heavy atom. The maximum atomic E-state index is 12.9. The van der Waals surface area contributed by atoms with Crippen LogP contribution in [0, 0.1) is 0 Å². The van der Waals surface area contributed by atoms with Gasteiger partial charge in [-0.25, -0.2) is 4.98 Å². The van der Waals surface area contributed by atoms with Crippen molar-refractivity contribution in [3.63, 3.8) is 0 Å². The van der Waals surface area contributed by atoms with Gasteiger partial charge in [0.25, 0.3) is 0 Å². The maximum absolute atomic E-state index is 12.9. The number of hydrogen-bond acceptors (Lipinski definition) is 5. The SMILES string of the molecule is FC(F)(F)c1cccc(Oc2ccnc(N3CCC(NC(=S)Nc4cccnc4)CC3)c2)c1. The van der Waals surface area contributed by atoms with Gasteiger partial charge >= 0.3 is 6.18 Å². The molecule has 1 fully saturated rings. The normalized spacial score (nSPS) is 14.6. The van der Waals surface area contributed by atoms with Gasteiger partial charge in [-0.2, -0.15) is 13.2 Å². The third-order valence-corrected chi connectivity index (χ3v) is 5.41. The van der Waals surface area contributed by atoms with Crippen LogP contribution in [0.4, 0.5) is 24.7 Å². The largest absolute Gasteiger partial charge is 0.457 e. The van der Waals surface area contributed by atoms with Crippen LogP contribution in [0.25, 0.3) is 0 Å². The second-order valence-electron chi connectivity index (χ2n) is 7.58. The summed E-state index contributed by atoms with van der Waals surface area (Å²) in [6.45, 7) is 1.51. The minimum Gasteiger partial charge on any atom is -0.457 e. The molecule has 0 atom stereocenters. The van der Waals surface area contributed by atoms with Crippen molar-refractivity contribution in [1.82, 2.24) is 15.3 Å². The molecular weight excluding hydrogens is 451 g/mol. The topological polar surface area (TPSA) is 62.3 Å². The van der Waals surface area contributed by atoms with Gasteiger partial charge in [0, 0.05) is 37.6 Å². The summed E-state index contributed by atoms with van der Waals surface area (Å²) in [7, 11) is 0. The minimum absolute atomic E-state index is 0.125. The van der Waals surface area contributed by atoms with Crippen LogP contribution in [0.3, 0.4) is 0 Å². The molecule has 1 aromatic carbocycles. The molecule has 2 aromatic heterocycles. The Morgan fingerprint density at radius 1 is 1.03 bits per heavy atom. The number of nitrogens with zero attached hydrogens (tertiary/aromatic N) is 3. The van der Waals surface area contributed by atoms with E-state index in [0.717, 1.165) is 43.8 Å². The van der Waals surface area contributed by atoms with E-state index >= 15 is 0 Å². The monoisotopic (exact) mass is 473 g/mol. The van der Waals surface area contributed by atoms with E-state index in [1.54, 1.807) is 30.7 Å². The number of rotatable bonds is 5. The molecular formula is C23H22F3N5OS. The van der Waals surface area contributed by atoms with E-state index in [1.165, 1.54) is 12.1 Å². The van der Waals surface area contributed by atoms with Gasteiger partial charge in [0.05, 0.1) is 17.4 Å². The number of pyridine rings is 2. The van der Waals surface area contributed by atoms with Crippen molar-refractivity contribution < 1.29 is 17.9 Å². The summed E-state index contributed by atoms with van der Waals surface area (Å²) in [4.78, 5) is 10.6. The predicted molar refractivity (Wildman–Crippen MR) is 125 cm³/mol. The fraction of sp³-hybridized carbons (Fsp3) is 0.261. The first-order valence-electron chi connectivity index (χ1n) is 10.4. The molecule has 1 aliphatic rings. The number of alkyl halides is 3. The summed E-state index contributed by atoms with van der Waals surface area (Å²) in [6, 6.07) is 12.1. The number of benzene rings is 1. The van der Waals surface area contributed by atoms with Gasteiger partial charge in [-0.1, -0.05) is 6.07 Å². The van der Waals surface area contributed by atoms with Crippen molar-refractivity contribution in [2.24, 2.45) is 0 Å². The first-order chi connectivity index (χ1) is 15.9. The maximum Gasteiger partial charge on any atom is 0.416 e. The van der Waals surface area contributed by atoms with Crippen LogP contribution in [0.5, 0.6) is 11.5 Å². The molecule has 0 saturated carbocycles. The summed E-state index contributed by atoms with van der Waals surface area (Å²) in [5, 5.41) is 7.00. The molecule has 10 heteroatoms. The summed E-state index contributed by atoms with van der Waals surface area (Å²) in [5.74, 6) is 1.27. The molecule has 1 aliphatic heterocycles. The second kappa shape index (κ2) is 10.0. The van der Waals surface area contributed by atoms with Crippen molar-refractivity contribution in [2.45, 2.75) is 25.1 Å². The number of hydrogen-bond donors (Lipinski definition) is 2. The van der Waals surface area contributed by atoms with Crippen LogP contribution in [0.15, 0.2) is 67.1 Å². The smallest absolute Gasteiger partial charge is 0.416 e. The molecule has 6 nitrogen and oxygen atoms in total. The molecule has 0 amide bonds. The fourth-order valence-corrected chi connectivity index (χ4v) is 3.83. The summed E-state index contributed by atoms with van der Waals surface area (Å²) in [5.41, 5.74) is 0.0778. The third kappa shape index (κ3) is 6.32. The van der Waals surface area contributed by atoms with Crippen LogP contribution in [-0.2, 0) is 6.18 Å². The molecule has 1 saturated heterocycles. The molecule has 0 radical (unpaired) electrons. The second-order valence-corrected chi connectivity index (χ2v) is 7.99. The quantitative estimate of drug-likeness (QED) is 0.491. The lowest BCUT2D eigenvalue weighted by atomic mass is 10.1. The van der Waals surface area contributed by atoms with Crippen LogP contribution < -0.4 is 20.3 Å². The number of anilines is 2. The highest BCUT2D eigenvalue weighted by molar-refractivity contribution is 7.80. The zero-order valence-electron chi connectivity index (χ0n) is 17.5. The Kier molecular flexibility index (Phi) is 6.93. The molecule has 33 heavy (non-hydrogen) atoms. The standard InChI is InChI=1S/C23H22F3N5OS/c24-23(25,26)16-3-1-5-19(13-16)32-20-6-10-28-21(14-20)31-11-7-17(8-12-31)29-22(33)30-18-4-2-9-27-15-18/h1-6,9-10,13-15,17H,7-8,11-12H2,(H2,29,30,33). The summed E-state index contributed by atoms with van der Waals surface area (Å²) < 4.78 is 44.5. The zero-order chi connectivity index (χ0) is 23.3. The number of halogens is 3. The van der Waals surface area contributed by atoms with Crippen LogP contribution >= 0.6 is 12.2 Å². The summed E-state index contributed by atoms with van der Waals surface area (Å²) >= 11 is 5.39. The molecule has 3 aromatic rings. The lowest BCUT2D eigenvalue weighted by Gasteiger charge is -2.33. The predicted octanol–water partition coefficient (Wildman–Crippen LogP) is 5.24. The van der Waals surface area contributed by atoms with Crippen molar-refractivity contribution in [3.05, 3.63) is 72.7 Å². The van der Waals surface area contributed by atoms with E-state index in [2.05, 4.69) is 25.5 Å².